The molecule has 2 fully saturated rings. The van der Waals surface area contributed by atoms with Gasteiger partial charge >= 0.3 is 0 Å². The Kier molecular flexibility index (Phi) is 4.09. The third-order valence-corrected chi connectivity index (χ3v) is 6.12. The fourth-order valence-electron chi connectivity index (χ4n) is 3.57. The molecule has 10 nitrogen and oxygen atoms in total. The summed E-state index contributed by atoms with van der Waals surface area (Å²) >= 11 is 0.142. The summed E-state index contributed by atoms with van der Waals surface area (Å²) < 4.78 is 127. The van der Waals surface area contributed by atoms with Crippen molar-refractivity contribution in [1.82, 2.24) is 25.0 Å². The molecule has 12 heteroatoms. The van der Waals surface area contributed by atoms with Crippen molar-refractivity contribution in [2.45, 2.75) is 74.4 Å². The maximum absolute atomic E-state index is 14.4. The van der Waals surface area contributed by atoms with Crippen molar-refractivity contribution < 1.29 is 42.3 Å². The van der Waals surface area contributed by atoms with Crippen LogP contribution >= 0.6 is 11.8 Å². The average Bonchev–Trinajstić information content (AvgIpc) is 3.38. The van der Waals surface area contributed by atoms with E-state index < -0.39 is 89.9 Å². The van der Waals surface area contributed by atoms with Gasteiger partial charge in [0.05, 0.1) is 33.5 Å². The van der Waals surface area contributed by atoms with E-state index in [0.717, 1.165) is 6.92 Å². The predicted molar refractivity (Wildman–Crippen MR) is 133 cm³/mol. The summed E-state index contributed by atoms with van der Waals surface area (Å²) in [6, 6.07) is -0.362. The quantitative estimate of drug-likeness (QED) is 0.227. The third-order valence-electron chi connectivity index (χ3n) is 5.45. The molecule has 2 saturated carbocycles. The molecule has 2 aromatic heterocycles. The highest BCUT2D eigenvalue weighted by molar-refractivity contribution is 7.99. The van der Waals surface area contributed by atoms with Gasteiger partial charge in [0.2, 0.25) is 0 Å². The van der Waals surface area contributed by atoms with Crippen molar-refractivity contribution in [3.63, 3.8) is 0 Å². The standard InChI is InChI=1S/C24H31FN6O4S/c1-3-8-36-24-27-22(26-16-10-14(16)13-5-4-12(2)15(25)9-13)19-23(28-24)31(30-29-19)17-11-18(35-7-6-32)21(34)20(17)33/h4-5,9,14,16-18,20-21,32-34H,3,6-8,10-11H2,1-2H3,(H,26,27,28)/t14-,16+,17+,18-,20-,21+/m0/s1/i3D2,6D2,8D2,11D2,14D,17D,18D,20D,21D. The van der Waals surface area contributed by atoms with Gasteiger partial charge in [0.1, 0.15) is 18.0 Å². The summed E-state index contributed by atoms with van der Waals surface area (Å²) in [5.41, 5.74) is -3.27. The van der Waals surface area contributed by atoms with Gasteiger partial charge in [-0.1, -0.05) is 36.0 Å². The molecule has 0 spiro atoms. The third kappa shape index (κ3) is 4.92. The second kappa shape index (κ2) is 10.5. The first-order valence-corrected chi connectivity index (χ1v) is 11.5. The number of fused-ring (bicyclic) bond motifs is 1. The summed E-state index contributed by atoms with van der Waals surface area (Å²) in [5, 5.41) is 41.5. The summed E-state index contributed by atoms with van der Waals surface area (Å²) in [5.74, 6) is -2.28. The number of aryl methyl sites for hydroxylation is 1. The van der Waals surface area contributed by atoms with Crippen molar-refractivity contribution in [2.75, 3.05) is 24.2 Å². The molecule has 0 radical (unpaired) electrons. The Hall–Kier alpha value is -2.38. The van der Waals surface area contributed by atoms with Gasteiger partial charge in [0, 0.05) is 33.6 Å². The Morgan fingerprint density at radius 2 is 2.19 bits per heavy atom. The van der Waals surface area contributed by atoms with E-state index >= 15 is 0 Å². The zero-order valence-electron chi connectivity index (χ0n) is 32.0. The van der Waals surface area contributed by atoms with Crippen molar-refractivity contribution in [3.8, 4) is 0 Å². The summed E-state index contributed by atoms with van der Waals surface area (Å²) in [6.07, 6.45) is -18.4. The number of ether oxygens (including phenoxy) is 1. The van der Waals surface area contributed by atoms with Gasteiger partial charge in [-0.15, -0.1) is 5.10 Å². The smallest absolute Gasteiger partial charge is 0.191 e. The van der Waals surface area contributed by atoms with Gasteiger partial charge in [0.25, 0.3) is 0 Å². The highest BCUT2D eigenvalue weighted by atomic mass is 32.2. The topological polar surface area (TPSA) is 138 Å². The van der Waals surface area contributed by atoms with Gasteiger partial charge in [-0.2, -0.15) is 0 Å². The molecule has 6 atom stereocenters. The highest BCUT2D eigenvalue weighted by Crippen LogP contribution is 2.44. The van der Waals surface area contributed by atoms with Crippen LogP contribution in [0.25, 0.3) is 11.2 Å². The molecule has 36 heavy (non-hydrogen) atoms. The van der Waals surface area contributed by atoms with Crippen LogP contribution < -0.4 is 5.32 Å². The minimum Gasteiger partial charge on any atom is -0.394 e. The molecule has 3 aromatic rings. The fraction of sp³-hybridized carbons (Fsp3) is 0.583. The lowest BCUT2D eigenvalue weighted by atomic mass is 10.1. The number of rotatable bonds is 10. The average molecular weight is 532 g/mol. The lowest BCUT2D eigenvalue weighted by molar-refractivity contribution is -0.0629. The molecule has 2 aliphatic rings. The number of hydrogen-bond donors (Lipinski definition) is 4. The van der Waals surface area contributed by atoms with E-state index in [2.05, 4.69) is 25.6 Å². The Bertz CT molecular complexity index is 1810. The van der Waals surface area contributed by atoms with Crippen LogP contribution in [-0.4, -0.2) is 83.4 Å². The first-order valence-electron chi connectivity index (χ1n) is 17.2. The van der Waals surface area contributed by atoms with Gasteiger partial charge in [0.15, 0.2) is 22.1 Å². The highest BCUT2D eigenvalue weighted by Gasteiger charge is 2.45. The summed E-state index contributed by atoms with van der Waals surface area (Å²) in [6.45, 7) is -2.32. The van der Waals surface area contributed by atoms with Gasteiger partial charge in [-0.3, -0.25) is 0 Å². The van der Waals surface area contributed by atoms with Crippen molar-refractivity contribution in [1.29, 1.82) is 0 Å². The zero-order valence-corrected chi connectivity index (χ0v) is 19.8. The number of aromatic nitrogens is 5. The SMILES string of the molecule is [2H]C([2H])(O)CO[C@@]1([2H])C([2H])([2H])[C@@]([2H])(n2nnc3c(N[C@@H]4C[C@@]4([2H])c4ccc(C)c(F)c4)nc(SC([2H])([2H])C([2H])([2H])C)nc32)[C@]([2H])(O)[C@]1([2H])O. The largest absolute Gasteiger partial charge is 0.394 e. The molecule has 2 heterocycles. The van der Waals surface area contributed by atoms with Crippen LogP contribution in [0.4, 0.5) is 10.2 Å². The van der Waals surface area contributed by atoms with Crippen LogP contribution in [0.3, 0.4) is 0 Å². The van der Waals surface area contributed by atoms with E-state index in [0.29, 0.717) is 11.1 Å². The van der Waals surface area contributed by atoms with Crippen LogP contribution in [-0.2, 0) is 4.74 Å². The minimum absolute atomic E-state index is 0.0935. The molecule has 194 valence electrons. The number of nitrogens with one attached hydrogen (secondary N) is 1. The lowest BCUT2D eigenvalue weighted by Crippen LogP contribution is -2.33. The lowest BCUT2D eigenvalue weighted by Gasteiger charge is -2.17. The van der Waals surface area contributed by atoms with Crippen LogP contribution in [0.1, 0.15) is 66.9 Å². The Morgan fingerprint density at radius 1 is 1.36 bits per heavy atom. The Balaban J connectivity index is 1.68. The second-order valence-corrected chi connectivity index (χ2v) is 8.59. The van der Waals surface area contributed by atoms with E-state index in [1.165, 1.54) is 12.1 Å². The second-order valence-electron chi connectivity index (χ2n) is 7.82. The predicted octanol–water partition coefficient (Wildman–Crippen LogP) is 2.18. The number of halogens is 1. The molecule has 2 aliphatic carbocycles. The molecule has 0 saturated heterocycles. The molecular weight excluding hydrogens is 487 g/mol. The van der Waals surface area contributed by atoms with Gasteiger partial charge in [-0.05, 0) is 36.9 Å². The molecule has 0 amide bonds. The Morgan fingerprint density at radius 3 is 2.94 bits per heavy atom. The summed E-state index contributed by atoms with van der Waals surface area (Å²) in [7, 11) is 0. The van der Waals surface area contributed by atoms with Crippen molar-refractivity contribution in [3.05, 3.63) is 35.1 Å². The van der Waals surface area contributed by atoms with Crippen LogP contribution in [0, 0.1) is 12.7 Å². The van der Waals surface area contributed by atoms with Crippen molar-refractivity contribution >= 4 is 28.7 Å². The number of anilines is 1. The number of thioether (sulfide) groups is 1. The molecule has 5 rings (SSSR count). The van der Waals surface area contributed by atoms with E-state index in [1.807, 2.05) is 0 Å². The molecule has 0 aliphatic heterocycles. The van der Waals surface area contributed by atoms with E-state index in [9.17, 15) is 19.7 Å². The van der Waals surface area contributed by atoms with Crippen LogP contribution in [0.2, 0.25) is 0 Å². The normalized spacial score (nSPS) is 45.7. The monoisotopic (exact) mass is 531 g/mol. The van der Waals surface area contributed by atoms with Crippen LogP contribution in [0.5, 0.6) is 0 Å². The zero-order chi connectivity index (χ0) is 37.2. The first kappa shape index (κ1) is 14.0. The number of nitrogens with zero attached hydrogens (tertiary/aromatic N) is 5. The molecule has 1 aromatic carbocycles. The van der Waals surface area contributed by atoms with E-state index in [4.69, 9.17) is 22.6 Å². The fourth-order valence-corrected chi connectivity index (χ4v) is 4.03. The molecule has 0 unspecified atom stereocenters. The maximum Gasteiger partial charge on any atom is 0.191 e. The molecule has 4 N–H and O–H groups in total. The molecule has 0 bridgehead atoms. The van der Waals surface area contributed by atoms with Crippen molar-refractivity contribution in [2.24, 2.45) is 0 Å². The maximum atomic E-state index is 14.4. The Labute approximate surface area is 230 Å². The van der Waals surface area contributed by atoms with Crippen LogP contribution in [0.15, 0.2) is 23.4 Å². The van der Waals surface area contributed by atoms with Gasteiger partial charge in [-0.25, -0.2) is 19.0 Å². The number of hydrogen-bond acceptors (Lipinski definition) is 10. The van der Waals surface area contributed by atoms with E-state index in [1.54, 1.807) is 13.0 Å². The summed E-state index contributed by atoms with van der Waals surface area (Å²) in [4.78, 5) is 8.26. The molecular formula is C24H31FN6O4S. The van der Waals surface area contributed by atoms with E-state index in [-0.39, 0.29) is 28.7 Å². The number of benzene rings is 1. The first-order chi connectivity index (χ1) is 22.0. The minimum atomic E-state index is -4.10. The van der Waals surface area contributed by atoms with Gasteiger partial charge < -0.3 is 25.4 Å². The number of aliphatic hydroxyl groups is 3.